The second-order valence-electron chi connectivity index (χ2n) is 11.8. The normalized spacial score (nSPS) is 12.4. The number of aliphatic hydroxyl groups is 1. The van der Waals surface area contributed by atoms with Gasteiger partial charge in [0.05, 0.1) is 13.2 Å². The Balaban J connectivity index is 1.33. The molecule has 3 aromatic carbocycles. The second-order valence-corrected chi connectivity index (χ2v) is 11.8. The highest BCUT2D eigenvalue weighted by Crippen LogP contribution is 2.40. The van der Waals surface area contributed by atoms with E-state index in [1.165, 1.54) is 89.9 Å². The van der Waals surface area contributed by atoms with Gasteiger partial charge in [0.1, 0.15) is 11.7 Å². The van der Waals surface area contributed by atoms with E-state index < -0.39 is 11.7 Å². The first kappa shape index (κ1) is 34.0. The van der Waals surface area contributed by atoms with Crippen LogP contribution in [0.3, 0.4) is 0 Å². The summed E-state index contributed by atoms with van der Waals surface area (Å²) in [4.78, 5) is 0. The van der Waals surface area contributed by atoms with Gasteiger partial charge in [-0.05, 0) is 23.1 Å². The molecule has 0 unspecified atom stereocenters. The minimum absolute atomic E-state index is 0.178. The first-order chi connectivity index (χ1) is 20.8. The van der Waals surface area contributed by atoms with Crippen molar-refractivity contribution < 1.29 is 14.6 Å². The van der Waals surface area contributed by atoms with Crippen molar-refractivity contribution in [2.75, 3.05) is 19.8 Å². The van der Waals surface area contributed by atoms with Crippen LogP contribution in [0.4, 0.5) is 0 Å². The number of rotatable bonds is 24. The maximum atomic E-state index is 10.8. The molecule has 0 saturated heterocycles. The van der Waals surface area contributed by atoms with E-state index in [0.29, 0.717) is 6.61 Å². The molecule has 0 radical (unpaired) electrons. The zero-order chi connectivity index (χ0) is 29.6. The Hall–Kier alpha value is -2.46. The topological polar surface area (TPSA) is 38.7 Å². The van der Waals surface area contributed by atoms with Crippen LogP contribution in [0.5, 0.6) is 0 Å². The standard InChI is InChI=1S/C39H56O3/c1-2-3-4-5-6-7-8-9-10-11-12-13-14-15-25-32-41-33-38(40)34-42-39(35-26-19-16-20-27-35,36-28-21-17-22-29-36)37-30-23-18-24-31-37/h16-24,26-31,38,40H,2-15,25,32-34H2,1H3/t38-/m1/s1. The van der Waals surface area contributed by atoms with Crippen LogP contribution in [-0.4, -0.2) is 31.0 Å². The second kappa shape index (κ2) is 21.3. The minimum atomic E-state index is -0.820. The van der Waals surface area contributed by atoms with Crippen LogP contribution in [0.15, 0.2) is 91.0 Å². The predicted molar refractivity (Wildman–Crippen MR) is 177 cm³/mol. The lowest BCUT2D eigenvalue weighted by atomic mass is 9.80. The van der Waals surface area contributed by atoms with Crippen molar-refractivity contribution in [3.8, 4) is 0 Å². The zero-order valence-corrected chi connectivity index (χ0v) is 26.2. The molecule has 0 aromatic heterocycles. The lowest BCUT2D eigenvalue weighted by Crippen LogP contribution is -2.36. The van der Waals surface area contributed by atoms with Crippen molar-refractivity contribution in [1.82, 2.24) is 0 Å². The molecular formula is C39H56O3. The fourth-order valence-electron chi connectivity index (χ4n) is 5.83. The number of aliphatic hydroxyl groups excluding tert-OH is 1. The van der Waals surface area contributed by atoms with Gasteiger partial charge in [-0.15, -0.1) is 0 Å². The maximum absolute atomic E-state index is 10.8. The summed E-state index contributed by atoms with van der Waals surface area (Å²) in [5.74, 6) is 0. The average molecular weight is 573 g/mol. The minimum Gasteiger partial charge on any atom is -0.388 e. The average Bonchev–Trinajstić information content (AvgIpc) is 3.04. The first-order valence-electron chi connectivity index (χ1n) is 16.8. The molecule has 0 aliphatic rings. The molecular weight excluding hydrogens is 516 g/mol. The van der Waals surface area contributed by atoms with Crippen LogP contribution in [0, 0.1) is 0 Å². The predicted octanol–water partition coefficient (Wildman–Crippen LogP) is 10.2. The van der Waals surface area contributed by atoms with Gasteiger partial charge in [0.15, 0.2) is 0 Å². The number of ether oxygens (including phenoxy) is 2. The molecule has 3 heteroatoms. The SMILES string of the molecule is CCCCCCCCCCCCCCCCCOC[C@@H](O)COC(c1ccccc1)(c1ccccc1)c1ccccc1. The van der Waals surface area contributed by atoms with Gasteiger partial charge >= 0.3 is 0 Å². The highest BCUT2D eigenvalue weighted by atomic mass is 16.5. The molecule has 3 nitrogen and oxygen atoms in total. The summed E-state index contributed by atoms with van der Waals surface area (Å²) < 4.78 is 12.6. The van der Waals surface area contributed by atoms with Crippen LogP contribution in [0.1, 0.15) is 120 Å². The summed E-state index contributed by atoms with van der Waals surface area (Å²) >= 11 is 0. The largest absolute Gasteiger partial charge is 0.388 e. The van der Waals surface area contributed by atoms with E-state index in [1.54, 1.807) is 0 Å². The third-order valence-corrected chi connectivity index (χ3v) is 8.24. The quantitative estimate of drug-likeness (QED) is 0.0857. The van der Waals surface area contributed by atoms with E-state index in [4.69, 9.17) is 9.47 Å². The van der Waals surface area contributed by atoms with Crippen LogP contribution >= 0.6 is 0 Å². The zero-order valence-electron chi connectivity index (χ0n) is 26.2. The van der Waals surface area contributed by atoms with Gasteiger partial charge in [-0.25, -0.2) is 0 Å². The molecule has 0 bridgehead atoms. The molecule has 0 amide bonds. The van der Waals surface area contributed by atoms with Gasteiger partial charge in [-0.1, -0.05) is 188 Å². The fourth-order valence-corrected chi connectivity index (χ4v) is 5.83. The Kier molecular flexibility index (Phi) is 17.2. The summed E-state index contributed by atoms with van der Waals surface area (Å²) in [6, 6.07) is 30.9. The third-order valence-electron chi connectivity index (χ3n) is 8.24. The van der Waals surface area contributed by atoms with Gasteiger partial charge in [0.2, 0.25) is 0 Å². The van der Waals surface area contributed by atoms with E-state index in [0.717, 1.165) is 23.1 Å². The van der Waals surface area contributed by atoms with Crippen molar-refractivity contribution in [3.63, 3.8) is 0 Å². The first-order valence-corrected chi connectivity index (χ1v) is 16.8. The van der Waals surface area contributed by atoms with Crippen molar-refractivity contribution in [1.29, 1.82) is 0 Å². The molecule has 3 aromatic rings. The summed E-state index contributed by atoms with van der Waals surface area (Å²) in [6.45, 7) is 3.44. The van der Waals surface area contributed by atoms with Gasteiger partial charge in [0.25, 0.3) is 0 Å². The lowest BCUT2D eigenvalue weighted by Gasteiger charge is -2.36. The van der Waals surface area contributed by atoms with E-state index in [-0.39, 0.29) is 13.2 Å². The molecule has 230 valence electrons. The van der Waals surface area contributed by atoms with Crippen molar-refractivity contribution in [2.24, 2.45) is 0 Å². The lowest BCUT2D eigenvalue weighted by molar-refractivity contribution is -0.0641. The Bertz CT molecular complexity index is 925. The van der Waals surface area contributed by atoms with E-state index in [1.807, 2.05) is 54.6 Å². The van der Waals surface area contributed by atoms with Crippen LogP contribution in [0.25, 0.3) is 0 Å². The van der Waals surface area contributed by atoms with E-state index in [9.17, 15) is 5.11 Å². The van der Waals surface area contributed by atoms with E-state index >= 15 is 0 Å². The van der Waals surface area contributed by atoms with Gasteiger partial charge in [-0.2, -0.15) is 0 Å². The Morgan fingerprint density at radius 3 is 1.24 bits per heavy atom. The summed E-state index contributed by atoms with van der Waals surface area (Å²) in [6.07, 6.45) is 19.6. The van der Waals surface area contributed by atoms with Crippen molar-refractivity contribution in [3.05, 3.63) is 108 Å². The van der Waals surface area contributed by atoms with Crippen LogP contribution in [-0.2, 0) is 15.1 Å². The Labute approximate surface area is 256 Å². The molecule has 0 aliphatic carbocycles. The molecule has 0 fully saturated rings. The van der Waals surface area contributed by atoms with Crippen molar-refractivity contribution >= 4 is 0 Å². The molecule has 42 heavy (non-hydrogen) atoms. The van der Waals surface area contributed by atoms with Gasteiger partial charge < -0.3 is 14.6 Å². The fraction of sp³-hybridized carbons (Fsp3) is 0.538. The summed E-state index contributed by atoms with van der Waals surface area (Å²) in [5, 5.41) is 10.8. The molecule has 1 N–H and O–H groups in total. The Morgan fingerprint density at radius 1 is 0.500 bits per heavy atom. The smallest absolute Gasteiger partial charge is 0.143 e. The maximum Gasteiger partial charge on any atom is 0.143 e. The third kappa shape index (κ3) is 12.0. The van der Waals surface area contributed by atoms with Crippen LogP contribution in [0.2, 0.25) is 0 Å². The molecule has 0 spiro atoms. The molecule has 0 aliphatic heterocycles. The van der Waals surface area contributed by atoms with Crippen LogP contribution < -0.4 is 0 Å². The Morgan fingerprint density at radius 2 is 0.857 bits per heavy atom. The van der Waals surface area contributed by atoms with Gasteiger partial charge in [-0.3, -0.25) is 0 Å². The number of hydrogen-bond donors (Lipinski definition) is 1. The highest BCUT2D eigenvalue weighted by molar-refractivity contribution is 5.47. The monoisotopic (exact) mass is 572 g/mol. The molecule has 3 rings (SSSR count). The van der Waals surface area contributed by atoms with Gasteiger partial charge in [0, 0.05) is 6.61 Å². The summed E-state index contributed by atoms with van der Waals surface area (Å²) in [7, 11) is 0. The number of unbranched alkanes of at least 4 members (excludes halogenated alkanes) is 14. The molecule has 0 saturated carbocycles. The molecule has 1 atom stereocenters. The van der Waals surface area contributed by atoms with E-state index in [2.05, 4.69) is 43.3 Å². The summed E-state index contributed by atoms with van der Waals surface area (Å²) in [5.41, 5.74) is 2.29. The molecule has 0 heterocycles. The highest BCUT2D eigenvalue weighted by Gasteiger charge is 2.38. The number of hydrogen-bond acceptors (Lipinski definition) is 3. The number of benzene rings is 3. The van der Waals surface area contributed by atoms with Crippen molar-refractivity contribution in [2.45, 2.75) is 115 Å².